The smallest absolute Gasteiger partial charge is 0.186 e. The molecule has 86 valence electrons. The van der Waals surface area contributed by atoms with Gasteiger partial charge in [0.25, 0.3) is 0 Å². The molecule has 2 fully saturated rings. The van der Waals surface area contributed by atoms with Crippen LogP contribution in [0.3, 0.4) is 0 Å². The average Bonchev–Trinajstić information content (AvgIpc) is 2.53. The Hall–Kier alpha value is -0.0200. The normalized spacial score (nSPS) is 47.1. The Labute approximate surface area is 95.8 Å². The van der Waals surface area contributed by atoms with E-state index in [1.807, 2.05) is 6.92 Å². The van der Waals surface area contributed by atoms with Gasteiger partial charge in [-0.15, -0.1) is 0 Å². The molecule has 2 saturated carbocycles. The van der Waals surface area contributed by atoms with Crippen molar-refractivity contribution in [1.82, 2.24) is 0 Å². The largest absolute Gasteiger partial charge is 0.392 e. The van der Waals surface area contributed by atoms with Gasteiger partial charge in [0, 0.05) is 11.7 Å². The van der Waals surface area contributed by atoms with Gasteiger partial charge >= 0.3 is 0 Å². The first-order chi connectivity index (χ1) is 6.77. The van der Waals surface area contributed by atoms with E-state index in [1.54, 1.807) is 6.92 Å². The maximum Gasteiger partial charge on any atom is 0.186 e. The molecule has 2 aliphatic rings. The Morgan fingerprint density at radius 2 is 1.93 bits per heavy atom. The molecular formula is C12H20O2S. The molecule has 0 aromatic rings. The highest BCUT2D eigenvalue weighted by Crippen LogP contribution is 2.68. The molecule has 0 saturated heterocycles. The van der Waals surface area contributed by atoms with E-state index in [1.165, 1.54) is 11.8 Å². The molecule has 15 heavy (non-hydrogen) atoms. The van der Waals surface area contributed by atoms with Gasteiger partial charge in [0.2, 0.25) is 0 Å². The van der Waals surface area contributed by atoms with Gasteiger partial charge in [-0.25, -0.2) is 0 Å². The lowest BCUT2D eigenvalue weighted by atomic mass is 9.87. The zero-order valence-corrected chi connectivity index (χ0v) is 10.7. The van der Waals surface area contributed by atoms with Crippen LogP contribution in [0.1, 0.15) is 40.5 Å². The van der Waals surface area contributed by atoms with Gasteiger partial charge in [-0.05, 0) is 37.0 Å². The Balaban J connectivity index is 2.12. The SMILES string of the molecule is CC(=O)SC1(C)CC2C(CC1O)C2(C)C. The lowest BCUT2D eigenvalue weighted by Crippen LogP contribution is -2.40. The van der Waals surface area contributed by atoms with Gasteiger partial charge in [0.1, 0.15) is 0 Å². The second kappa shape index (κ2) is 3.24. The molecule has 0 heterocycles. The van der Waals surface area contributed by atoms with Crippen molar-refractivity contribution < 1.29 is 9.90 Å². The summed E-state index contributed by atoms with van der Waals surface area (Å²) in [5.74, 6) is 1.38. The van der Waals surface area contributed by atoms with E-state index in [9.17, 15) is 9.90 Å². The van der Waals surface area contributed by atoms with Crippen LogP contribution < -0.4 is 0 Å². The van der Waals surface area contributed by atoms with Crippen molar-refractivity contribution in [2.24, 2.45) is 17.3 Å². The monoisotopic (exact) mass is 228 g/mol. The topological polar surface area (TPSA) is 37.3 Å². The molecule has 0 aromatic carbocycles. The Morgan fingerprint density at radius 1 is 1.33 bits per heavy atom. The number of thioether (sulfide) groups is 1. The van der Waals surface area contributed by atoms with Crippen LogP contribution in [0, 0.1) is 17.3 Å². The van der Waals surface area contributed by atoms with Crippen LogP contribution in [0.4, 0.5) is 0 Å². The summed E-state index contributed by atoms with van der Waals surface area (Å²) in [6.45, 7) is 8.18. The van der Waals surface area contributed by atoms with E-state index in [0.29, 0.717) is 17.3 Å². The highest BCUT2D eigenvalue weighted by atomic mass is 32.2. The highest BCUT2D eigenvalue weighted by Gasteiger charge is 2.64. The number of rotatable bonds is 1. The van der Waals surface area contributed by atoms with Crippen LogP contribution in [0.25, 0.3) is 0 Å². The Kier molecular flexibility index (Phi) is 2.47. The third-order valence-electron chi connectivity index (χ3n) is 4.47. The number of fused-ring (bicyclic) bond motifs is 1. The first kappa shape index (κ1) is 11.5. The zero-order chi connectivity index (χ0) is 11.4. The number of aliphatic hydroxyl groups is 1. The van der Waals surface area contributed by atoms with E-state index in [2.05, 4.69) is 13.8 Å². The van der Waals surface area contributed by atoms with Gasteiger partial charge < -0.3 is 5.11 Å². The fourth-order valence-corrected chi connectivity index (χ4v) is 4.38. The van der Waals surface area contributed by atoms with Crippen LogP contribution >= 0.6 is 11.8 Å². The summed E-state index contributed by atoms with van der Waals surface area (Å²) < 4.78 is -0.249. The molecule has 0 spiro atoms. The Bertz CT molecular complexity index is 300. The summed E-state index contributed by atoms with van der Waals surface area (Å²) >= 11 is 1.33. The molecule has 1 N–H and O–H groups in total. The predicted octanol–water partition coefficient (Wildman–Crippen LogP) is 2.45. The molecule has 0 radical (unpaired) electrons. The van der Waals surface area contributed by atoms with Crippen molar-refractivity contribution in [2.45, 2.75) is 51.4 Å². The third kappa shape index (κ3) is 1.74. The highest BCUT2D eigenvalue weighted by molar-refractivity contribution is 8.14. The molecule has 2 aliphatic carbocycles. The van der Waals surface area contributed by atoms with Crippen LogP contribution in [0.2, 0.25) is 0 Å². The van der Waals surface area contributed by atoms with E-state index < -0.39 is 0 Å². The minimum Gasteiger partial charge on any atom is -0.392 e. The van der Waals surface area contributed by atoms with Gasteiger partial charge in [0.05, 0.1) is 6.10 Å². The first-order valence-corrected chi connectivity index (χ1v) is 6.46. The summed E-state index contributed by atoms with van der Waals surface area (Å²) in [6.07, 6.45) is 1.53. The number of carbonyl (C=O) groups excluding carboxylic acids is 1. The maximum atomic E-state index is 11.2. The zero-order valence-electron chi connectivity index (χ0n) is 9.91. The number of carbonyl (C=O) groups is 1. The fraction of sp³-hybridized carbons (Fsp3) is 0.917. The van der Waals surface area contributed by atoms with Crippen molar-refractivity contribution in [3.63, 3.8) is 0 Å². The number of aliphatic hydroxyl groups excluding tert-OH is 1. The summed E-state index contributed by atoms with van der Waals surface area (Å²) in [4.78, 5) is 11.2. The molecule has 2 rings (SSSR count). The lowest BCUT2D eigenvalue weighted by Gasteiger charge is -2.36. The fourth-order valence-electron chi connectivity index (χ4n) is 3.23. The Morgan fingerprint density at radius 3 is 2.47 bits per heavy atom. The van der Waals surface area contributed by atoms with E-state index >= 15 is 0 Å². The van der Waals surface area contributed by atoms with Gasteiger partial charge in [-0.1, -0.05) is 25.6 Å². The van der Waals surface area contributed by atoms with Crippen molar-refractivity contribution in [1.29, 1.82) is 0 Å². The van der Waals surface area contributed by atoms with Crippen LogP contribution in [-0.4, -0.2) is 21.1 Å². The van der Waals surface area contributed by atoms with E-state index in [0.717, 1.165) is 12.8 Å². The van der Waals surface area contributed by atoms with E-state index in [4.69, 9.17) is 0 Å². The molecule has 0 aromatic heterocycles. The minimum atomic E-state index is -0.325. The standard InChI is InChI=1S/C12H20O2S/c1-7(13)15-12(4)6-9-8(5-10(12)14)11(9,2)3/h8-10,14H,5-6H2,1-4H3. The summed E-state index contributed by atoms with van der Waals surface area (Å²) in [5.41, 5.74) is 0.385. The predicted molar refractivity (Wildman–Crippen MR) is 62.7 cm³/mol. The van der Waals surface area contributed by atoms with Crippen molar-refractivity contribution in [2.75, 3.05) is 0 Å². The van der Waals surface area contributed by atoms with Crippen molar-refractivity contribution >= 4 is 16.9 Å². The van der Waals surface area contributed by atoms with Crippen LogP contribution in [-0.2, 0) is 4.79 Å². The summed E-state index contributed by atoms with van der Waals surface area (Å²) in [7, 11) is 0. The van der Waals surface area contributed by atoms with Crippen LogP contribution in [0.15, 0.2) is 0 Å². The molecule has 4 atom stereocenters. The minimum absolute atomic E-state index is 0.119. The second-order valence-corrected chi connectivity index (χ2v) is 7.61. The number of hydrogen-bond donors (Lipinski definition) is 1. The van der Waals surface area contributed by atoms with Crippen molar-refractivity contribution in [3.8, 4) is 0 Å². The van der Waals surface area contributed by atoms with Gasteiger partial charge in [0.15, 0.2) is 5.12 Å². The molecule has 0 bridgehead atoms. The van der Waals surface area contributed by atoms with Gasteiger partial charge in [-0.2, -0.15) is 0 Å². The quantitative estimate of drug-likeness (QED) is 0.749. The van der Waals surface area contributed by atoms with Crippen molar-refractivity contribution in [3.05, 3.63) is 0 Å². The molecule has 2 nitrogen and oxygen atoms in total. The van der Waals surface area contributed by atoms with Gasteiger partial charge in [-0.3, -0.25) is 4.79 Å². The molecule has 0 aliphatic heterocycles. The molecule has 3 heteroatoms. The number of hydrogen-bond acceptors (Lipinski definition) is 3. The summed E-state index contributed by atoms with van der Waals surface area (Å²) in [5, 5.41) is 10.3. The third-order valence-corrected chi connectivity index (χ3v) is 5.66. The average molecular weight is 228 g/mol. The molecule has 0 amide bonds. The molecule has 4 unspecified atom stereocenters. The van der Waals surface area contributed by atoms with Crippen LogP contribution in [0.5, 0.6) is 0 Å². The second-order valence-electron chi connectivity index (χ2n) is 5.90. The molecular weight excluding hydrogens is 208 g/mol. The maximum absolute atomic E-state index is 11.2. The summed E-state index contributed by atoms with van der Waals surface area (Å²) in [6, 6.07) is 0. The lowest BCUT2D eigenvalue weighted by molar-refractivity contribution is -0.109. The first-order valence-electron chi connectivity index (χ1n) is 5.65. The van der Waals surface area contributed by atoms with E-state index in [-0.39, 0.29) is 16.0 Å².